The molecule has 0 amide bonds. The first-order valence-electron chi connectivity index (χ1n) is 20.8. The number of phosphoric ester groups is 1. The van der Waals surface area contributed by atoms with Crippen LogP contribution in [0.15, 0.2) is 24.3 Å². The van der Waals surface area contributed by atoms with Crippen LogP contribution in [-0.2, 0) is 32.7 Å². The maximum Gasteiger partial charge on any atom is 0.472 e. The zero-order valence-electron chi connectivity index (χ0n) is 32.8. The van der Waals surface area contributed by atoms with E-state index in [2.05, 4.69) is 38.2 Å². The molecular weight excluding hydrogens is 665 g/mol. The lowest BCUT2D eigenvalue weighted by Crippen LogP contribution is -2.29. The number of esters is 2. The van der Waals surface area contributed by atoms with Gasteiger partial charge in [-0.3, -0.25) is 18.6 Å². The topological polar surface area (TPSA) is 134 Å². The van der Waals surface area contributed by atoms with Gasteiger partial charge < -0.3 is 20.1 Å². The average Bonchev–Trinajstić information content (AvgIpc) is 3.11. The maximum atomic E-state index is 12.5. The Kier molecular flexibility index (Phi) is 37.1. The van der Waals surface area contributed by atoms with Crippen molar-refractivity contribution in [1.29, 1.82) is 0 Å². The minimum absolute atomic E-state index is 0.0524. The van der Waals surface area contributed by atoms with Crippen molar-refractivity contribution in [2.75, 3.05) is 26.4 Å². The van der Waals surface area contributed by atoms with Gasteiger partial charge in [0.15, 0.2) is 6.10 Å². The number of hydrogen-bond donors (Lipinski definition) is 2. The summed E-state index contributed by atoms with van der Waals surface area (Å²) in [4.78, 5) is 34.8. The van der Waals surface area contributed by atoms with E-state index in [1.807, 2.05) is 0 Å². The number of unbranched alkanes of at least 4 members (excludes halogenated alkanes) is 22. The first-order chi connectivity index (χ1) is 24.8. The second-order valence-electron chi connectivity index (χ2n) is 13.9. The number of hydrogen-bond acceptors (Lipinski definition) is 8. The van der Waals surface area contributed by atoms with Crippen molar-refractivity contribution < 1.29 is 37.6 Å². The van der Waals surface area contributed by atoms with Crippen molar-refractivity contribution >= 4 is 19.8 Å². The smallest absolute Gasteiger partial charge is 0.462 e. The van der Waals surface area contributed by atoms with Crippen LogP contribution in [0.2, 0.25) is 0 Å². The zero-order chi connectivity index (χ0) is 37.5. The average molecular weight is 744 g/mol. The summed E-state index contributed by atoms with van der Waals surface area (Å²) >= 11 is 0. The molecule has 300 valence electrons. The number of nitrogens with two attached hydrogens (primary N) is 1. The zero-order valence-corrected chi connectivity index (χ0v) is 33.7. The molecule has 1 unspecified atom stereocenters. The highest BCUT2D eigenvalue weighted by Crippen LogP contribution is 2.43. The molecule has 0 heterocycles. The normalized spacial score (nSPS) is 13.6. The number of phosphoric acid groups is 1. The van der Waals surface area contributed by atoms with Crippen molar-refractivity contribution in [3.05, 3.63) is 24.3 Å². The fourth-order valence-corrected chi connectivity index (χ4v) is 6.49. The van der Waals surface area contributed by atoms with Gasteiger partial charge in [-0.1, -0.05) is 160 Å². The predicted molar refractivity (Wildman–Crippen MR) is 211 cm³/mol. The van der Waals surface area contributed by atoms with Crippen LogP contribution in [0, 0.1) is 0 Å². The summed E-state index contributed by atoms with van der Waals surface area (Å²) in [5.74, 6) is -0.839. The molecule has 3 N–H and O–H groups in total. The Hall–Kier alpha value is -1.51. The van der Waals surface area contributed by atoms with Gasteiger partial charge >= 0.3 is 19.8 Å². The molecule has 0 aromatic rings. The summed E-state index contributed by atoms with van der Waals surface area (Å²) in [5, 5.41) is 0. The Labute approximate surface area is 312 Å². The lowest BCUT2D eigenvalue weighted by atomic mass is 10.0. The molecule has 0 rings (SSSR count). The van der Waals surface area contributed by atoms with Gasteiger partial charge in [0.25, 0.3) is 0 Å². The summed E-state index contributed by atoms with van der Waals surface area (Å²) in [6, 6.07) is 0. The van der Waals surface area contributed by atoms with E-state index >= 15 is 0 Å². The monoisotopic (exact) mass is 744 g/mol. The fraction of sp³-hybridized carbons (Fsp3) is 0.854. The minimum Gasteiger partial charge on any atom is -0.462 e. The predicted octanol–water partition coefficient (Wildman–Crippen LogP) is 11.6. The van der Waals surface area contributed by atoms with Gasteiger partial charge in [0, 0.05) is 19.4 Å². The molecule has 9 nitrogen and oxygen atoms in total. The van der Waals surface area contributed by atoms with Gasteiger partial charge in [-0.05, 0) is 44.9 Å². The molecule has 10 heteroatoms. The van der Waals surface area contributed by atoms with Crippen LogP contribution in [0.4, 0.5) is 0 Å². The number of carbonyl (C=O) groups excluding carboxylic acids is 2. The van der Waals surface area contributed by atoms with Crippen molar-refractivity contribution in [3.63, 3.8) is 0 Å². The van der Waals surface area contributed by atoms with E-state index in [-0.39, 0.29) is 38.6 Å². The van der Waals surface area contributed by atoms with Gasteiger partial charge in [-0.2, -0.15) is 0 Å². The van der Waals surface area contributed by atoms with Crippen LogP contribution in [-0.4, -0.2) is 49.3 Å². The highest BCUT2D eigenvalue weighted by atomic mass is 31.2. The molecule has 0 aliphatic rings. The number of carbonyl (C=O) groups is 2. The summed E-state index contributed by atoms with van der Waals surface area (Å²) in [6.07, 6.45) is 39.1. The summed E-state index contributed by atoms with van der Waals surface area (Å²) in [5.41, 5.74) is 5.34. The van der Waals surface area contributed by atoms with Gasteiger partial charge in [-0.25, -0.2) is 4.57 Å². The van der Waals surface area contributed by atoms with E-state index in [9.17, 15) is 19.0 Å². The van der Waals surface area contributed by atoms with E-state index in [4.69, 9.17) is 24.3 Å². The highest BCUT2D eigenvalue weighted by molar-refractivity contribution is 7.47. The molecule has 0 radical (unpaired) electrons. The standard InChI is InChI=1S/C41H78NO8P/c1-3-5-7-9-11-13-15-17-19-21-23-25-27-29-31-33-40(43)47-37-39(38-49-51(45,46)48-36-35-42)50-41(44)34-32-30-28-26-24-22-20-18-16-14-12-10-8-6-4-2/h12,14,18,20,39H,3-11,13,15-17,19,21-38,42H2,1-2H3,(H,45,46)/b14-12-,20-18-/t39-/m0/s1. The maximum absolute atomic E-state index is 12.5. The van der Waals surface area contributed by atoms with Crippen LogP contribution in [0.5, 0.6) is 0 Å². The third-order valence-electron chi connectivity index (χ3n) is 8.84. The Morgan fingerprint density at radius 1 is 0.588 bits per heavy atom. The van der Waals surface area contributed by atoms with E-state index in [0.717, 1.165) is 57.8 Å². The Morgan fingerprint density at radius 2 is 1.02 bits per heavy atom. The van der Waals surface area contributed by atoms with Crippen LogP contribution in [0.3, 0.4) is 0 Å². The quantitative estimate of drug-likeness (QED) is 0.0273. The first kappa shape index (κ1) is 49.5. The summed E-state index contributed by atoms with van der Waals surface area (Å²) in [6.45, 7) is 3.70. The third kappa shape index (κ3) is 38.0. The molecule has 0 saturated carbocycles. The van der Waals surface area contributed by atoms with Crippen molar-refractivity contribution in [3.8, 4) is 0 Å². The molecule has 0 bridgehead atoms. The van der Waals surface area contributed by atoms with Crippen LogP contribution >= 0.6 is 7.82 Å². The van der Waals surface area contributed by atoms with Crippen LogP contribution < -0.4 is 5.73 Å². The molecule has 2 atom stereocenters. The second-order valence-corrected chi connectivity index (χ2v) is 15.3. The largest absolute Gasteiger partial charge is 0.472 e. The molecule has 0 spiro atoms. The number of rotatable bonds is 39. The van der Waals surface area contributed by atoms with E-state index in [1.54, 1.807) is 0 Å². The van der Waals surface area contributed by atoms with E-state index in [0.29, 0.717) is 6.42 Å². The van der Waals surface area contributed by atoms with Gasteiger partial charge in [0.05, 0.1) is 13.2 Å². The molecule has 0 aromatic carbocycles. The molecule has 0 aliphatic carbocycles. The fourth-order valence-electron chi connectivity index (χ4n) is 5.72. The second kappa shape index (κ2) is 38.2. The number of ether oxygens (including phenoxy) is 2. The summed E-state index contributed by atoms with van der Waals surface area (Å²) in [7, 11) is -4.37. The molecule has 0 aliphatic heterocycles. The SMILES string of the molecule is CCCCC/C=C\C/C=C\CCCCCCCC(=O)O[C@@H](COC(=O)CCCCCCCCCCCCCCCCC)COP(=O)(O)OCCN. The number of allylic oxidation sites excluding steroid dienone is 4. The first-order valence-corrected chi connectivity index (χ1v) is 22.3. The highest BCUT2D eigenvalue weighted by Gasteiger charge is 2.26. The molecule has 0 saturated heterocycles. The van der Waals surface area contributed by atoms with E-state index in [1.165, 1.54) is 103 Å². The molecule has 0 aromatic heterocycles. The minimum atomic E-state index is -4.37. The van der Waals surface area contributed by atoms with E-state index < -0.39 is 26.5 Å². The lowest BCUT2D eigenvalue weighted by molar-refractivity contribution is -0.161. The third-order valence-corrected chi connectivity index (χ3v) is 9.82. The van der Waals surface area contributed by atoms with Gasteiger partial charge in [0.1, 0.15) is 6.61 Å². The van der Waals surface area contributed by atoms with Crippen molar-refractivity contribution in [2.45, 2.75) is 200 Å². The summed E-state index contributed by atoms with van der Waals surface area (Å²) < 4.78 is 32.7. The Morgan fingerprint density at radius 3 is 1.53 bits per heavy atom. The lowest BCUT2D eigenvalue weighted by Gasteiger charge is -2.19. The van der Waals surface area contributed by atoms with Crippen molar-refractivity contribution in [2.24, 2.45) is 5.73 Å². The molecule has 0 fully saturated rings. The van der Waals surface area contributed by atoms with Crippen LogP contribution in [0.25, 0.3) is 0 Å². The molecular formula is C41H78NO8P. The van der Waals surface area contributed by atoms with Crippen molar-refractivity contribution in [1.82, 2.24) is 0 Å². The Bertz CT molecular complexity index is 897. The van der Waals surface area contributed by atoms with Crippen LogP contribution in [0.1, 0.15) is 194 Å². The van der Waals surface area contributed by atoms with Gasteiger partial charge in [0.2, 0.25) is 0 Å². The van der Waals surface area contributed by atoms with Gasteiger partial charge in [-0.15, -0.1) is 0 Å². The molecule has 51 heavy (non-hydrogen) atoms. The Balaban J connectivity index is 4.18.